The number of carbonyl (C=O) groups is 2. The molecule has 2 atom stereocenters. The molecule has 2 fully saturated rings. The van der Waals surface area contributed by atoms with Crippen LogP contribution in [0.3, 0.4) is 0 Å². The second-order valence-electron chi connectivity index (χ2n) is 4.62. The van der Waals surface area contributed by atoms with Crippen LogP contribution in [0.5, 0.6) is 0 Å². The van der Waals surface area contributed by atoms with Gasteiger partial charge in [0.25, 0.3) is 5.91 Å². The predicted octanol–water partition coefficient (Wildman–Crippen LogP) is 1.02. The zero-order chi connectivity index (χ0) is 10.3. The van der Waals surface area contributed by atoms with E-state index in [0.29, 0.717) is 5.92 Å². The first-order chi connectivity index (χ1) is 6.56. The van der Waals surface area contributed by atoms with Crippen molar-refractivity contribution < 1.29 is 9.59 Å². The fraction of sp³-hybridized carbons (Fsp3) is 0.800. The molecule has 4 nitrogen and oxygen atoms in total. The van der Waals surface area contributed by atoms with E-state index in [4.69, 9.17) is 0 Å². The van der Waals surface area contributed by atoms with Gasteiger partial charge in [-0.15, -0.1) is 0 Å². The van der Waals surface area contributed by atoms with Gasteiger partial charge in [-0.05, 0) is 24.7 Å². The van der Waals surface area contributed by atoms with E-state index in [2.05, 4.69) is 24.5 Å². The van der Waals surface area contributed by atoms with Crippen LogP contribution in [0.4, 0.5) is 4.79 Å². The topological polar surface area (TPSA) is 58.2 Å². The highest BCUT2D eigenvalue weighted by atomic mass is 16.2. The molecular weight excluding hydrogens is 180 g/mol. The minimum absolute atomic E-state index is 0.126. The third kappa shape index (κ3) is 1.13. The lowest BCUT2D eigenvalue weighted by Gasteiger charge is -2.30. The Bertz CT molecular complexity index is 288. The molecule has 0 aromatic carbocycles. The first-order valence-electron chi connectivity index (χ1n) is 5.20. The van der Waals surface area contributed by atoms with E-state index in [9.17, 15) is 9.59 Å². The molecule has 0 aromatic rings. The molecule has 0 radical (unpaired) electrons. The summed E-state index contributed by atoms with van der Waals surface area (Å²) in [6.07, 6.45) is 2.84. The van der Waals surface area contributed by atoms with Crippen molar-refractivity contribution in [3.63, 3.8) is 0 Å². The molecule has 14 heavy (non-hydrogen) atoms. The average Bonchev–Trinajstić information content (AvgIpc) is 2.59. The van der Waals surface area contributed by atoms with Gasteiger partial charge in [-0.2, -0.15) is 0 Å². The smallest absolute Gasteiger partial charge is 0.322 e. The summed E-state index contributed by atoms with van der Waals surface area (Å²) in [6, 6.07) is -0.331. The van der Waals surface area contributed by atoms with Crippen molar-refractivity contribution in [1.82, 2.24) is 10.6 Å². The van der Waals surface area contributed by atoms with Crippen molar-refractivity contribution in [3.05, 3.63) is 0 Å². The van der Waals surface area contributed by atoms with Crippen LogP contribution < -0.4 is 10.6 Å². The number of imide groups is 1. The van der Waals surface area contributed by atoms with Gasteiger partial charge in [0, 0.05) is 0 Å². The lowest BCUT2D eigenvalue weighted by atomic mass is 9.80. The van der Waals surface area contributed by atoms with Crippen molar-refractivity contribution in [2.45, 2.75) is 38.6 Å². The van der Waals surface area contributed by atoms with Crippen LogP contribution in [-0.4, -0.2) is 17.5 Å². The van der Waals surface area contributed by atoms with Crippen LogP contribution in [0.1, 0.15) is 33.1 Å². The van der Waals surface area contributed by atoms with Crippen LogP contribution in [0, 0.1) is 11.8 Å². The summed E-state index contributed by atoms with van der Waals surface area (Å²) in [7, 11) is 0. The van der Waals surface area contributed by atoms with Crippen molar-refractivity contribution >= 4 is 11.9 Å². The number of nitrogens with one attached hydrogen (secondary N) is 2. The number of urea groups is 1. The van der Waals surface area contributed by atoms with Gasteiger partial charge in [0.15, 0.2) is 0 Å². The Morgan fingerprint density at radius 3 is 2.64 bits per heavy atom. The van der Waals surface area contributed by atoms with E-state index in [1.54, 1.807) is 0 Å². The van der Waals surface area contributed by atoms with Gasteiger partial charge in [0.1, 0.15) is 5.54 Å². The molecule has 0 aromatic heterocycles. The maximum absolute atomic E-state index is 11.7. The summed E-state index contributed by atoms with van der Waals surface area (Å²) in [5.41, 5.74) is -0.592. The second-order valence-corrected chi connectivity index (χ2v) is 4.62. The summed E-state index contributed by atoms with van der Waals surface area (Å²) >= 11 is 0. The molecule has 2 N–H and O–H groups in total. The van der Waals surface area contributed by atoms with Gasteiger partial charge in [0.05, 0.1) is 0 Å². The van der Waals surface area contributed by atoms with Crippen LogP contribution in [0.2, 0.25) is 0 Å². The standard InChI is InChI=1S/C10H16N2O2/c1-6(2)7-4-3-5-10(7)8(13)11-9(14)12-10/h6-7H,3-5H2,1-2H3,(H2,11,12,13,14)/t7-,10+/m0/s1. The predicted molar refractivity (Wildman–Crippen MR) is 51.6 cm³/mol. The molecule has 1 spiro atoms. The van der Waals surface area contributed by atoms with Crippen LogP contribution >= 0.6 is 0 Å². The molecular formula is C10H16N2O2. The van der Waals surface area contributed by atoms with E-state index in [1.807, 2.05) is 0 Å². The molecule has 1 saturated carbocycles. The SMILES string of the molecule is CC(C)[C@@H]1CCC[C@@]12NC(=O)NC2=O. The largest absolute Gasteiger partial charge is 0.323 e. The molecule has 78 valence electrons. The third-order valence-corrected chi connectivity index (χ3v) is 3.49. The fourth-order valence-electron chi connectivity index (χ4n) is 2.88. The van der Waals surface area contributed by atoms with Crippen molar-refractivity contribution in [2.24, 2.45) is 11.8 Å². The Hall–Kier alpha value is -1.06. The lowest BCUT2D eigenvalue weighted by molar-refractivity contribution is -0.125. The normalized spacial score (nSPS) is 36.6. The summed E-state index contributed by atoms with van der Waals surface area (Å²) < 4.78 is 0. The highest BCUT2D eigenvalue weighted by Gasteiger charge is 2.54. The van der Waals surface area contributed by atoms with E-state index in [0.717, 1.165) is 19.3 Å². The van der Waals surface area contributed by atoms with E-state index >= 15 is 0 Å². The van der Waals surface area contributed by atoms with Crippen molar-refractivity contribution in [3.8, 4) is 0 Å². The highest BCUT2D eigenvalue weighted by molar-refractivity contribution is 6.07. The molecule has 2 aliphatic rings. The molecule has 1 aliphatic heterocycles. The molecule has 1 saturated heterocycles. The average molecular weight is 196 g/mol. The third-order valence-electron chi connectivity index (χ3n) is 3.49. The van der Waals surface area contributed by atoms with Gasteiger partial charge in [-0.25, -0.2) is 4.79 Å². The Balaban J connectivity index is 2.30. The quantitative estimate of drug-likeness (QED) is 0.615. The fourth-order valence-corrected chi connectivity index (χ4v) is 2.88. The molecule has 4 heteroatoms. The molecule has 0 bridgehead atoms. The summed E-state index contributed by atoms with van der Waals surface area (Å²) in [6.45, 7) is 4.21. The molecule has 3 amide bonds. The van der Waals surface area contributed by atoms with Gasteiger partial charge in [0.2, 0.25) is 0 Å². The maximum Gasteiger partial charge on any atom is 0.322 e. The second kappa shape index (κ2) is 2.97. The minimum Gasteiger partial charge on any atom is -0.323 e. The number of hydrogen-bond donors (Lipinski definition) is 2. The van der Waals surface area contributed by atoms with Gasteiger partial charge >= 0.3 is 6.03 Å². The van der Waals surface area contributed by atoms with Crippen molar-refractivity contribution in [2.75, 3.05) is 0 Å². The van der Waals surface area contributed by atoms with E-state index < -0.39 is 5.54 Å². The van der Waals surface area contributed by atoms with Gasteiger partial charge in [-0.1, -0.05) is 20.3 Å². The van der Waals surface area contributed by atoms with Crippen LogP contribution in [0.25, 0.3) is 0 Å². The summed E-state index contributed by atoms with van der Waals surface area (Å²) in [5, 5.41) is 5.16. The number of amides is 3. The zero-order valence-electron chi connectivity index (χ0n) is 8.59. The Labute approximate surface area is 83.4 Å². The first-order valence-corrected chi connectivity index (χ1v) is 5.20. The monoisotopic (exact) mass is 196 g/mol. The first kappa shape index (κ1) is 9.49. The number of rotatable bonds is 1. The molecule has 2 rings (SSSR count). The molecule has 0 unspecified atom stereocenters. The van der Waals surface area contributed by atoms with E-state index in [-0.39, 0.29) is 17.9 Å². The number of carbonyl (C=O) groups excluding carboxylic acids is 2. The minimum atomic E-state index is -0.592. The van der Waals surface area contributed by atoms with Crippen LogP contribution in [0.15, 0.2) is 0 Å². The Kier molecular flexibility index (Phi) is 2.01. The van der Waals surface area contributed by atoms with Gasteiger partial charge in [-0.3, -0.25) is 10.1 Å². The number of hydrogen-bond acceptors (Lipinski definition) is 2. The highest BCUT2D eigenvalue weighted by Crippen LogP contribution is 2.41. The Morgan fingerprint density at radius 2 is 2.14 bits per heavy atom. The zero-order valence-corrected chi connectivity index (χ0v) is 8.59. The maximum atomic E-state index is 11.7. The molecule has 1 heterocycles. The van der Waals surface area contributed by atoms with Crippen molar-refractivity contribution in [1.29, 1.82) is 0 Å². The Morgan fingerprint density at radius 1 is 1.43 bits per heavy atom. The van der Waals surface area contributed by atoms with E-state index in [1.165, 1.54) is 0 Å². The summed E-state index contributed by atoms with van der Waals surface area (Å²) in [5.74, 6) is 0.592. The lowest BCUT2D eigenvalue weighted by Crippen LogP contribution is -2.51. The molecule has 1 aliphatic carbocycles. The van der Waals surface area contributed by atoms with Gasteiger partial charge < -0.3 is 5.32 Å². The van der Waals surface area contributed by atoms with Crippen LogP contribution in [-0.2, 0) is 4.79 Å². The summed E-state index contributed by atoms with van der Waals surface area (Å²) in [4.78, 5) is 22.9.